The number of alkyl halides is 3. The zero-order chi connectivity index (χ0) is 15.8. The van der Waals surface area contributed by atoms with Crippen molar-refractivity contribution in [1.82, 2.24) is 4.90 Å². The Bertz CT molecular complexity index is 549. The number of aliphatic carboxylic acids is 1. The van der Waals surface area contributed by atoms with Gasteiger partial charge in [-0.05, 0) is 25.0 Å². The molecule has 0 spiro atoms. The molecule has 0 aliphatic carbocycles. The van der Waals surface area contributed by atoms with E-state index in [-0.39, 0.29) is 12.6 Å². The first kappa shape index (κ1) is 16.3. The Kier molecular flexibility index (Phi) is 4.35. The fourth-order valence-electron chi connectivity index (χ4n) is 2.71. The molecule has 1 aliphatic rings. The van der Waals surface area contributed by atoms with E-state index in [1.807, 2.05) is 18.2 Å². The smallest absolute Gasteiger partial charge is 0.406 e. The maximum Gasteiger partial charge on any atom is 0.406 e. The van der Waals surface area contributed by atoms with Crippen molar-refractivity contribution in [2.24, 2.45) is 5.41 Å². The van der Waals surface area contributed by atoms with Crippen LogP contribution in [0, 0.1) is 5.41 Å². The summed E-state index contributed by atoms with van der Waals surface area (Å²) in [5.41, 5.74) is -1.82. The monoisotopic (exact) mass is 365 g/mol. The Balaban J connectivity index is 2.26. The van der Waals surface area contributed by atoms with Gasteiger partial charge in [0.1, 0.15) is 0 Å². The van der Waals surface area contributed by atoms with Crippen molar-refractivity contribution in [2.45, 2.75) is 25.6 Å². The van der Waals surface area contributed by atoms with E-state index in [9.17, 15) is 18.0 Å². The average molecular weight is 366 g/mol. The lowest BCUT2D eigenvalue weighted by Gasteiger charge is -2.30. The summed E-state index contributed by atoms with van der Waals surface area (Å²) < 4.78 is 40.3. The Morgan fingerprint density at radius 3 is 2.52 bits per heavy atom. The predicted molar refractivity (Wildman–Crippen MR) is 74.9 cm³/mol. The van der Waals surface area contributed by atoms with Crippen LogP contribution in [0.25, 0.3) is 0 Å². The standard InChI is InChI=1S/C14H15BrF3NO2/c1-9(10-4-2-3-5-11(10)15)19-7-6-13(8-19,12(20)21)14(16,17)18/h2-5,9H,6-8H2,1H3,(H,20,21). The van der Waals surface area contributed by atoms with Gasteiger partial charge < -0.3 is 5.11 Å². The van der Waals surface area contributed by atoms with Crippen LogP contribution in [-0.2, 0) is 4.79 Å². The summed E-state index contributed by atoms with van der Waals surface area (Å²) in [5.74, 6) is -1.79. The molecule has 7 heteroatoms. The first-order valence-electron chi connectivity index (χ1n) is 6.47. The fourth-order valence-corrected chi connectivity index (χ4v) is 3.32. The van der Waals surface area contributed by atoms with Crippen molar-refractivity contribution in [3.8, 4) is 0 Å². The normalized spacial score (nSPS) is 25.0. The molecule has 2 unspecified atom stereocenters. The van der Waals surface area contributed by atoms with Crippen LogP contribution in [0.2, 0.25) is 0 Å². The highest BCUT2D eigenvalue weighted by Crippen LogP contribution is 2.47. The number of halogens is 4. The van der Waals surface area contributed by atoms with E-state index in [2.05, 4.69) is 15.9 Å². The topological polar surface area (TPSA) is 40.5 Å². The molecular formula is C14H15BrF3NO2. The minimum Gasteiger partial charge on any atom is -0.481 e. The number of carboxylic acids is 1. The molecule has 3 nitrogen and oxygen atoms in total. The van der Waals surface area contributed by atoms with Gasteiger partial charge in [0, 0.05) is 23.6 Å². The number of hydrogen-bond acceptors (Lipinski definition) is 2. The molecule has 0 radical (unpaired) electrons. The van der Waals surface area contributed by atoms with Crippen LogP contribution in [0.15, 0.2) is 28.7 Å². The molecule has 2 rings (SSSR count). The lowest BCUT2D eigenvalue weighted by atomic mass is 9.86. The van der Waals surface area contributed by atoms with Crippen molar-refractivity contribution in [3.63, 3.8) is 0 Å². The van der Waals surface area contributed by atoms with Gasteiger partial charge in [0.15, 0.2) is 5.41 Å². The summed E-state index contributed by atoms with van der Waals surface area (Å²) in [5, 5.41) is 9.07. The van der Waals surface area contributed by atoms with Gasteiger partial charge >= 0.3 is 12.1 Å². The van der Waals surface area contributed by atoms with Crippen molar-refractivity contribution in [3.05, 3.63) is 34.3 Å². The molecule has 1 N–H and O–H groups in total. The molecule has 1 aromatic rings. The molecule has 116 valence electrons. The number of nitrogens with zero attached hydrogens (tertiary/aromatic N) is 1. The van der Waals surface area contributed by atoms with Crippen molar-refractivity contribution in [2.75, 3.05) is 13.1 Å². The Hall–Kier alpha value is -1.08. The van der Waals surface area contributed by atoms with Crippen molar-refractivity contribution < 1.29 is 23.1 Å². The average Bonchev–Trinajstić information content (AvgIpc) is 2.84. The molecular weight excluding hydrogens is 351 g/mol. The summed E-state index contributed by atoms with van der Waals surface area (Å²) in [6.07, 6.45) is -5.16. The van der Waals surface area contributed by atoms with Crippen molar-refractivity contribution in [1.29, 1.82) is 0 Å². The van der Waals surface area contributed by atoms with E-state index in [1.54, 1.807) is 17.9 Å². The first-order chi connectivity index (χ1) is 9.69. The summed E-state index contributed by atoms with van der Waals surface area (Å²) in [4.78, 5) is 12.8. The highest BCUT2D eigenvalue weighted by Gasteiger charge is 2.63. The van der Waals surface area contributed by atoms with Crippen LogP contribution in [0.1, 0.15) is 24.9 Å². The summed E-state index contributed by atoms with van der Waals surface area (Å²) in [7, 11) is 0. The maximum atomic E-state index is 13.2. The lowest BCUT2D eigenvalue weighted by molar-refractivity contribution is -0.227. The quantitative estimate of drug-likeness (QED) is 0.884. The van der Waals surface area contributed by atoms with Crippen LogP contribution in [0.3, 0.4) is 0 Å². The van der Waals surface area contributed by atoms with Crippen LogP contribution in [0.4, 0.5) is 13.2 Å². The largest absolute Gasteiger partial charge is 0.481 e. The third-order valence-electron chi connectivity index (χ3n) is 4.15. The highest BCUT2D eigenvalue weighted by molar-refractivity contribution is 9.10. The molecule has 1 aromatic carbocycles. The number of carboxylic acid groups (broad SMARTS) is 1. The zero-order valence-electron chi connectivity index (χ0n) is 11.3. The van der Waals surface area contributed by atoms with Gasteiger partial charge in [-0.25, -0.2) is 0 Å². The van der Waals surface area contributed by atoms with Crippen molar-refractivity contribution >= 4 is 21.9 Å². The molecule has 0 aromatic heterocycles. The number of carbonyl (C=O) groups is 1. The van der Waals surface area contributed by atoms with Gasteiger partial charge in [0.2, 0.25) is 0 Å². The number of benzene rings is 1. The van der Waals surface area contributed by atoms with E-state index < -0.39 is 30.5 Å². The van der Waals surface area contributed by atoms with Gasteiger partial charge in [-0.1, -0.05) is 34.1 Å². The Labute approximate surface area is 128 Å². The second-order valence-corrected chi connectivity index (χ2v) is 6.16. The molecule has 21 heavy (non-hydrogen) atoms. The summed E-state index contributed by atoms with van der Waals surface area (Å²) >= 11 is 3.38. The van der Waals surface area contributed by atoms with E-state index in [0.29, 0.717) is 0 Å². The predicted octanol–water partition coefficient (Wildman–Crippen LogP) is 3.85. The number of likely N-dealkylation sites (tertiary alicyclic amines) is 1. The molecule has 0 amide bonds. The Morgan fingerprint density at radius 2 is 2.05 bits per heavy atom. The fraction of sp³-hybridized carbons (Fsp3) is 0.500. The van der Waals surface area contributed by atoms with E-state index in [4.69, 9.17) is 5.11 Å². The SMILES string of the molecule is CC(c1ccccc1Br)N1CCC(C(=O)O)(C(F)(F)F)C1. The second-order valence-electron chi connectivity index (χ2n) is 5.30. The molecule has 0 bridgehead atoms. The second kappa shape index (κ2) is 5.61. The van der Waals surface area contributed by atoms with Crippen LogP contribution in [-0.4, -0.2) is 35.2 Å². The summed E-state index contributed by atoms with van der Waals surface area (Å²) in [6.45, 7) is 1.37. The lowest BCUT2D eigenvalue weighted by Crippen LogP contribution is -2.47. The van der Waals surface area contributed by atoms with Crippen LogP contribution < -0.4 is 0 Å². The third kappa shape index (κ3) is 2.81. The van der Waals surface area contributed by atoms with Gasteiger partial charge in [-0.15, -0.1) is 0 Å². The maximum absolute atomic E-state index is 13.2. The number of hydrogen-bond donors (Lipinski definition) is 1. The minimum absolute atomic E-state index is 0.105. The highest BCUT2D eigenvalue weighted by atomic mass is 79.9. The van der Waals surface area contributed by atoms with Crippen LogP contribution >= 0.6 is 15.9 Å². The molecule has 1 saturated heterocycles. The third-order valence-corrected chi connectivity index (χ3v) is 4.88. The Morgan fingerprint density at radius 1 is 1.43 bits per heavy atom. The van der Waals surface area contributed by atoms with Gasteiger partial charge in [0.05, 0.1) is 0 Å². The van der Waals surface area contributed by atoms with Gasteiger partial charge in [0.25, 0.3) is 0 Å². The molecule has 0 saturated carbocycles. The molecule has 2 atom stereocenters. The molecule has 1 aliphatic heterocycles. The first-order valence-corrected chi connectivity index (χ1v) is 7.27. The van der Waals surface area contributed by atoms with Gasteiger partial charge in [-0.3, -0.25) is 9.69 Å². The van der Waals surface area contributed by atoms with E-state index >= 15 is 0 Å². The van der Waals surface area contributed by atoms with Gasteiger partial charge in [-0.2, -0.15) is 13.2 Å². The van der Waals surface area contributed by atoms with E-state index in [0.717, 1.165) is 10.0 Å². The van der Waals surface area contributed by atoms with Crippen LogP contribution in [0.5, 0.6) is 0 Å². The zero-order valence-corrected chi connectivity index (χ0v) is 12.9. The van der Waals surface area contributed by atoms with E-state index in [1.165, 1.54) is 0 Å². The molecule has 1 heterocycles. The summed E-state index contributed by atoms with van der Waals surface area (Å²) in [6, 6.07) is 6.98. The molecule has 1 fully saturated rings. The number of rotatable bonds is 3. The minimum atomic E-state index is -4.75.